The maximum absolute atomic E-state index is 10.4. The molecule has 82 valence electrons. The van der Waals surface area contributed by atoms with E-state index in [1.165, 1.54) is 5.56 Å². The lowest BCUT2D eigenvalue weighted by Gasteiger charge is -2.05. The van der Waals surface area contributed by atoms with Crippen molar-refractivity contribution in [2.45, 2.75) is 31.7 Å². The van der Waals surface area contributed by atoms with Crippen LogP contribution in [-0.2, 0) is 11.2 Å². The molecule has 3 nitrogen and oxygen atoms in total. The van der Waals surface area contributed by atoms with Crippen molar-refractivity contribution in [1.82, 2.24) is 0 Å². The number of hydrogen-bond donors (Lipinski definition) is 2. The summed E-state index contributed by atoms with van der Waals surface area (Å²) in [6.45, 7) is 0. The van der Waals surface area contributed by atoms with Crippen LogP contribution < -0.4 is 5.73 Å². The van der Waals surface area contributed by atoms with E-state index in [0.29, 0.717) is 6.42 Å². The Hall–Kier alpha value is -1.35. The third-order valence-electron chi connectivity index (χ3n) is 2.39. The van der Waals surface area contributed by atoms with Crippen LogP contribution in [0.1, 0.15) is 24.8 Å². The molecule has 1 aromatic rings. The molecule has 0 aliphatic heterocycles. The summed E-state index contributed by atoms with van der Waals surface area (Å²) in [6.07, 6.45) is 3.41. The van der Waals surface area contributed by atoms with Crippen LogP contribution in [0.3, 0.4) is 0 Å². The minimum atomic E-state index is -0.908. The van der Waals surface area contributed by atoms with Crippen LogP contribution in [0.5, 0.6) is 0 Å². The molecule has 1 unspecified atom stereocenters. The summed E-state index contributed by atoms with van der Waals surface area (Å²) in [5.41, 5.74) is 6.69. The van der Waals surface area contributed by atoms with E-state index >= 15 is 0 Å². The maximum atomic E-state index is 10.4. The Bertz CT molecular complexity index is 298. The van der Waals surface area contributed by atoms with Crippen molar-refractivity contribution in [2.24, 2.45) is 5.73 Å². The van der Waals surface area contributed by atoms with Crippen LogP contribution in [0.25, 0.3) is 0 Å². The third kappa shape index (κ3) is 4.61. The number of unbranched alkanes of at least 4 members (excludes halogenated alkanes) is 1. The standard InChI is InChI=1S/C12H17NO2/c13-11(12(14)15)9-5-4-8-10-6-2-1-3-7-10/h1-3,6-7,11H,4-5,8-9,13H2,(H,14,15). The summed E-state index contributed by atoms with van der Waals surface area (Å²) in [5, 5.41) is 8.57. The topological polar surface area (TPSA) is 63.3 Å². The van der Waals surface area contributed by atoms with Crippen LogP contribution in [0.15, 0.2) is 30.3 Å². The summed E-state index contributed by atoms with van der Waals surface area (Å²) in [5.74, 6) is -0.908. The summed E-state index contributed by atoms with van der Waals surface area (Å²) in [7, 11) is 0. The minimum Gasteiger partial charge on any atom is -0.480 e. The Morgan fingerprint density at radius 1 is 1.27 bits per heavy atom. The van der Waals surface area contributed by atoms with Crippen molar-refractivity contribution in [1.29, 1.82) is 0 Å². The van der Waals surface area contributed by atoms with Crippen LogP contribution >= 0.6 is 0 Å². The van der Waals surface area contributed by atoms with Crippen molar-refractivity contribution in [3.8, 4) is 0 Å². The molecule has 1 aromatic carbocycles. The highest BCUT2D eigenvalue weighted by Crippen LogP contribution is 2.07. The molecule has 0 aliphatic carbocycles. The van der Waals surface area contributed by atoms with Gasteiger partial charge >= 0.3 is 5.97 Å². The summed E-state index contributed by atoms with van der Waals surface area (Å²) < 4.78 is 0. The molecule has 0 aromatic heterocycles. The molecule has 0 fully saturated rings. The van der Waals surface area contributed by atoms with Gasteiger partial charge in [0.2, 0.25) is 0 Å². The van der Waals surface area contributed by atoms with Gasteiger partial charge in [-0.25, -0.2) is 0 Å². The van der Waals surface area contributed by atoms with E-state index in [9.17, 15) is 4.79 Å². The molecule has 0 bridgehead atoms. The summed E-state index contributed by atoms with van der Waals surface area (Å²) in [4.78, 5) is 10.4. The van der Waals surface area contributed by atoms with Gasteiger partial charge in [0.15, 0.2) is 0 Å². The predicted molar refractivity (Wildman–Crippen MR) is 59.6 cm³/mol. The summed E-state index contributed by atoms with van der Waals surface area (Å²) >= 11 is 0. The lowest BCUT2D eigenvalue weighted by molar-refractivity contribution is -0.138. The molecule has 1 atom stereocenters. The van der Waals surface area contributed by atoms with Crippen molar-refractivity contribution < 1.29 is 9.90 Å². The Balaban J connectivity index is 2.15. The number of carboxylic acid groups (broad SMARTS) is 1. The monoisotopic (exact) mass is 207 g/mol. The second kappa shape index (κ2) is 6.19. The third-order valence-corrected chi connectivity index (χ3v) is 2.39. The van der Waals surface area contributed by atoms with Crippen LogP contribution in [0.2, 0.25) is 0 Å². The molecule has 0 spiro atoms. The van der Waals surface area contributed by atoms with Gasteiger partial charge in [-0.1, -0.05) is 36.8 Å². The molecule has 0 saturated heterocycles. The van der Waals surface area contributed by atoms with Gasteiger partial charge in [-0.15, -0.1) is 0 Å². The average molecular weight is 207 g/mol. The zero-order valence-electron chi connectivity index (χ0n) is 8.73. The normalized spacial score (nSPS) is 12.3. The number of aryl methyl sites for hydroxylation is 1. The lowest BCUT2D eigenvalue weighted by atomic mass is 10.0. The van der Waals surface area contributed by atoms with Gasteiger partial charge in [0, 0.05) is 0 Å². The Morgan fingerprint density at radius 3 is 2.53 bits per heavy atom. The van der Waals surface area contributed by atoms with E-state index in [-0.39, 0.29) is 0 Å². The molecule has 0 heterocycles. The molecular formula is C12H17NO2. The number of nitrogens with two attached hydrogens (primary N) is 1. The highest BCUT2D eigenvalue weighted by Gasteiger charge is 2.09. The van der Waals surface area contributed by atoms with Gasteiger partial charge < -0.3 is 10.8 Å². The van der Waals surface area contributed by atoms with Gasteiger partial charge in [-0.2, -0.15) is 0 Å². The first kappa shape index (κ1) is 11.7. The molecule has 3 heteroatoms. The molecule has 3 N–H and O–H groups in total. The van der Waals surface area contributed by atoms with Gasteiger partial charge in [-0.3, -0.25) is 4.79 Å². The molecule has 0 aliphatic rings. The smallest absolute Gasteiger partial charge is 0.320 e. The van der Waals surface area contributed by atoms with Gasteiger partial charge in [0.05, 0.1) is 0 Å². The highest BCUT2D eigenvalue weighted by atomic mass is 16.4. The molecule has 0 radical (unpaired) electrons. The first-order valence-corrected chi connectivity index (χ1v) is 5.22. The maximum Gasteiger partial charge on any atom is 0.320 e. The quantitative estimate of drug-likeness (QED) is 0.699. The van der Waals surface area contributed by atoms with E-state index in [1.807, 2.05) is 18.2 Å². The molecule has 1 rings (SSSR count). The Labute approximate surface area is 89.9 Å². The zero-order valence-corrected chi connectivity index (χ0v) is 8.73. The first-order valence-electron chi connectivity index (χ1n) is 5.22. The Morgan fingerprint density at radius 2 is 1.93 bits per heavy atom. The van der Waals surface area contributed by atoms with Crippen LogP contribution in [0, 0.1) is 0 Å². The fourth-order valence-electron chi connectivity index (χ4n) is 1.46. The van der Waals surface area contributed by atoms with E-state index in [1.54, 1.807) is 0 Å². The second-order valence-electron chi connectivity index (χ2n) is 3.68. The number of benzene rings is 1. The van der Waals surface area contributed by atoms with Crippen LogP contribution in [0.4, 0.5) is 0 Å². The predicted octanol–water partition coefficient (Wildman–Crippen LogP) is 1.81. The highest BCUT2D eigenvalue weighted by molar-refractivity contribution is 5.72. The van der Waals surface area contributed by atoms with Crippen molar-refractivity contribution in [2.75, 3.05) is 0 Å². The van der Waals surface area contributed by atoms with Crippen LogP contribution in [-0.4, -0.2) is 17.1 Å². The SMILES string of the molecule is NC(CCCCc1ccccc1)C(=O)O. The molecule has 0 saturated carbocycles. The fraction of sp³-hybridized carbons (Fsp3) is 0.417. The number of hydrogen-bond acceptors (Lipinski definition) is 2. The van der Waals surface area contributed by atoms with Gasteiger partial charge in [0.1, 0.15) is 6.04 Å². The molecular weight excluding hydrogens is 190 g/mol. The minimum absolute atomic E-state index is 0.558. The summed E-state index contributed by atoms with van der Waals surface area (Å²) in [6, 6.07) is 9.47. The number of aliphatic carboxylic acids is 1. The number of carbonyl (C=O) groups is 1. The molecule has 15 heavy (non-hydrogen) atoms. The molecule has 0 amide bonds. The Kier molecular flexibility index (Phi) is 4.84. The number of rotatable bonds is 6. The fourth-order valence-corrected chi connectivity index (χ4v) is 1.46. The first-order chi connectivity index (χ1) is 7.20. The zero-order chi connectivity index (χ0) is 11.1. The van der Waals surface area contributed by atoms with Crippen molar-refractivity contribution in [3.63, 3.8) is 0 Å². The number of carboxylic acids is 1. The van der Waals surface area contributed by atoms with Gasteiger partial charge in [-0.05, 0) is 24.8 Å². The van der Waals surface area contributed by atoms with Gasteiger partial charge in [0.25, 0.3) is 0 Å². The second-order valence-corrected chi connectivity index (χ2v) is 3.68. The van der Waals surface area contributed by atoms with E-state index < -0.39 is 12.0 Å². The lowest BCUT2D eigenvalue weighted by Crippen LogP contribution is -2.29. The average Bonchev–Trinajstić information content (AvgIpc) is 2.25. The van der Waals surface area contributed by atoms with Crippen molar-refractivity contribution >= 4 is 5.97 Å². The van der Waals surface area contributed by atoms with E-state index in [0.717, 1.165) is 19.3 Å². The van der Waals surface area contributed by atoms with E-state index in [4.69, 9.17) is 10.8 Å². The van der Waals surface area contributed by atoms with E-state index in [2.05, 4.69) is 12.1 Å². The van der Waals surface area contributed by atoms with Crippen molar-refractivity contribution in [3.05, 3.63) is 35.9 Å². The largest absolute Gasteiger partial charge is 0.480 e.